The highest BCUT2D eigenvalue weighted by atomic mass is 16.3. The minimum atomic E-state index is 0.529. The maximum atomic E-state index is 9.86. The van der Waals surface area contributed by atoms with Crippen LogP contribution < -0.4 is 0 Å². The third-order valence-electron chi connectivity index (χ3n) is 2.86. The van der Waals surface area contributed by atoms with E-state index in [0.717, 1.165) is 18.3 Å². The fourth-order valence-electron chi connectivity index (χ4n) is 2.05. The van der Waals surface area contributed by atoms with Crippen molar-refractivity contribution in [2.24, 2.45) is 17.0 Å². The van der Waals surface area contributed by atoms with E-state index in [9.17, 15) is 4.91 Å². The van der Waals surface area contributed by atoms with E-state index in [1.807, 2.05) is 0 Å². The van der Waals surface area contributed by atoms with E-state index >= 15 is 0 Å². The number of nitrogens with zero attached hydrogens (tertiary/aromatic N) is 1. The molecular weight excluding hydrogens is 138 g/mol. The molecule has 2 heteroatoms. The topological polar surface area (TPSA) is 29.4 Å². The molecule has 0 N–H and O–H groups in total. The Bertz CT molecular complexity index is 125. The lowest BCUT2D eigenvalue weighted by Crippen LogP contribution is -1.97. The summed E-state index contributed by atoms with van der Waals surface area (Å²) in [4.78, 5) is 9.86. The Hall–Kier alpha value is -0.400. The van der Waals surface area contributed by atoms with Crippen molar-refractivity contribution < 1.29 is 0 Å². The predicted octanol–water partition coefficient (Wildman–Crippen LogP) is 2.97. The molecule has 1 aliphatic rings. The van der Waals surface area contributed by atoms with Gasteiger partial charge in [-0.15, -0.1) is 0 Å². The first-order chi connectivity index (χ1) is 5.36. The van der Waals surface area contributed by atoms with Crippen LogP contribution in [0.3, 0.4) is 0 Å². The summed E-state index contributed by atoms with van der Waals surface area (Å²) in [6.07, 6.45) is 6.38. The van der Waals surface area contributed by atoms with Crippen LogP contribution >= 0.6 is 0 Å². The van der Waals surface area contributed by atoms with Crippen LogP contribution in [0, 0.1) is 16.7 Å². The van der Waals surface area contributed by atoms with Crippen molar-refractivity contribution >= 4 is 0 Å². The lowest BCUT2D eigenvalue weighted by molar-refractivity contribution is 0.462. The van der Waals surface area contributed by atoms with E-state index in [1.54, 1.807) is 0 Å². The van der Waals surface area contributed by atoms with Gasteiger partial charge in [-0.3, -0.25) is 0 Å². The molecular formula is C9H17NO. The second-order valence-electron chi connectivity index (χ2n) is 3.59. The first-order valence-corrected chi connectivity index (χ1v) is 4.66. The Morgan fingerprint density at radius 3 is 2.64 bits per heavy atom. The Morgan fingerprint density at radius 2 is 2.09 bits per heavy atom. The van der Waals surface area contributed by atoms with Gasteiger partial charge in [-0.05, 0) is 24.7 Å². The van der Waals surface area contributed by atoms with Gasteiger partial charge in [-0.25, -0.2) is 0 Å². The van der Waals surface area contributed by atoms with E-state index in [4.69, 9.17) is 0 Å². The summed E-state index contributed by atoms with van der Waals surface area (Å²) in [6, 6.07) is 0. The quantitative estimate of drug-likeness (QED) is 0.574. The Labute approximate surface area is 68.3 Å². The molecule has 0 aromatic rings. The molecule has 1 aliphatic carbocycles. The van der Waals surface area contributed by atoms with Gasteiger partial charge in [0.25, 0.3) is 0 Å². The largest absolute Gasteiger partial charge is 0.151 e. The molecule has 2 atom stereocenters. The summed E-state index contributed by atoms with van der Waals surface area (Å²) in [5.74, 6) is 1.74. The van der Waals surface area contributed by atoms with Crippen LogP contribution in [0.25, 0.3) is 0 Å². The standard InChI is InChI=1S/C9H17NO/c1-2-8-3-4-9(7-8)5-6-10-11/h8-9H,2-7H2,1H3. The summed E-state index contributed by atoms with van der Waals surface area (Å²) >= 11 is 0. The van der Waals surface area contributed by atoms with Crippen LogP contribution in [-0.4, -0.2) is 6.54 Å². The molecule has 0 amide bonds. The highest BCUT2D eigenvalue weighted by molar-refractivity contribution is 4.74. The monoisotopic (exact) mass is 155 g/mol. The van der Waals surface area contributed by atoms with Gasteiger partial charge >= 0.3 is 0 Å². The molecule has 0 spiro atoms. The number of hydrogen-bond acceptors (Lipinski definition) is 2. The normalized spacial score (nSPS) is 30.6. The predicted molar refractivity (Wildman–Crippen MR) is 46.4 cm³/mol. The van der Waals surface area contributed by atoms with E-state index in [2.05, 4.69) is 12.1 Å². The van der Waals surface area contributed by atoms with Crippen LogP contribution in [0.5, 0.6) is 0 Å². The van der Waals surface area contributed by atoms with Crippen molar-refractivity contribution in [1.82, 2.24) is 0 Å². The van der Waals surface area contributed by atoms with Gasteiger partial charge in [0.05, 0.1) is 6.54 Å². The summed E-state index contributed by atoms with van der Waals surface area (Å²) in [5.41, 5.74) is 0. The maximum absolute atomic E-state index is 9.86. The van der Waals surface area contributed by atoms with Crippen LogP contribution in [0.2, 0.25) is 0 Å². The van der Waals surface area contributed by atoms with Gasteiger partial charge in [0.1, 0.15) is 0 Å². The van der Waals surface area contributed by atoms with Gasteiger partial charge in [-0.2, -0.15) is 4.91 Å². The second-order valence-corrected chi connectivity index (χ2v) is 3.59. The van der Waals surface area contributed by atoms with E-state index < -0.39 is 0 Å². The summed E-state index contributed by atoms with van der Waals surface area (Å²) in [6.45, 7) is 2.78. The van der Waals surface area contributed by atoms with Crippen molar-refractivity contribution in [3.8, 4) is 0 Å². The molecule has 64 valence electrons. The number of rotatable bonds is 4. The van der Waals surface area contributed by atoms with Gasteiger partial charge in [0, 0.05) is 0 Å². The zero-order chi connectivity index (χ0) is 8.10. The highest BCUT2D eigenvalue weighted by Gasteiger charge is 2.22. The fraction of sp³-hybridized carbons (Fsp3) is 1.00. The third-order valence-corrected chi connectivity index (χ3v) is 2.86. The zero-order valence-corrected chi connectivity index (χ0v) is 7.25. The smallest absolute Gasteiger partial charge is 0.0813 e. The Morgan fingerprint density at radius 1 is 1.36 bits per heavy atom. The molecule has 1 rings (SSSR count). The maximum Gasteiger partial charge on any atom is 0.0813 e. The van der Waals surface area contributed by atoms with Crippen molar-refractivity contribution in [3.05, 3.63) is 4.91 Å². The molecule has 0 saturated heterocycles. The first-order valence-electron chi connectivity index (χ1n) is 4.66. The average molecular weight is 155 g/mol. The molecule has 0 aromatic carbocycles. The van der Waals surface area contributed by atoms with Gasteiger partial charge < -0.3 is 0 Å². The Kier molecular flexibility index (Phi) is 3.53. The molecule has 2 nitrogen and oxygen atoms in total. The van der Waals surface area contributed by atoms with Crippen molar-refractivity contribution in [2.75, 3.05) is 6.54 Å². The molecule has 0 bridgehead atoms. The van der Waals surface area contributed by atoms with Gasteiger partial charge in [0.15, 0.2) is 0 Å². The van der Waals surface area contributed by atoms with Crippen LogP contribution in [-0.2, 0) is 0 Å². The van der Waals surface area contributed by atoms with E-state index in [0.29, 0.717) is 6.54 Å². The second kappa shape index (κ2) is 4.47. The summed E-state index contributed by atoms with van der Waals surface area (Å²) < 4.78 is 0. The Balaban J connectivity index is 2.13. The minimum Gasteiger partial charge on any atom is -0.151 e. The lowest BCUT2D eigenvalue weighted by atomic mass is 10.0. The number of nitroso groups, excluding NO2 is 1. The minimum absolute atomic E-state index is 0.529. The fourth-order valence-corrected chi connectivity index (χ4v) is 2.05. The average Bonchev–Trinajstić information content (AvgIpc) is 2.48. The molecule has 11 heavy (non-hydrogen) atoms. The summed E-state index contributed by atoms with van der Waals surface area (Å²) in [7, 11) is 0. The van der Waals surface area contributed by atoms with Crippen molar-refractivity contribution in [1.29, 1.82) is 0 Å². The van der Waals surface area contributed by atoms with Crippen molar-refractivity contribution in [3.63, 3.8) is 0 Å². The van der Waals surface area contributed by atoms with Crippen molar-refractivity contribution in [2.45, 2.75) is 39.0 Å². The third kappa shape index (κ3) is 2.60. The molecule has 0 aromatic heterocycles. The van der Waals surface area contributed by atoms with Gasteiger partial charge in [-0.1, -0.05) is 31.4 Å². The molecule has 1 saturated carbocycles. The SMILES string of the molecule is CCC1CCC(CCN=O)C1. The highest BCUT2D eigenvalue weighted by Crippen LogP contribution is 2.34. The van der Waals surface area contributed by atoms with Crippen LogP contribution in [0.4, 0.5) is 0 Å². The molecule has 1 fully saturated rings. The van der Waals surface area contributed by atoms with E-state index in [-0.39, 0.29) is 0 Å². The molecule has 0 radical (unpaired) electrons. The van der Waals surface area contributed by atoms with Crippen LogP contribution in [0.15, 0.2) is 5.18 Å². The molecule has 2 unspecified atom stereocenters. The lowest BCUT2D eigenvalue weighted by Gasteiger charge is -2.06. The first kappa shape index (κ1) is 8.69. The molecule has 0 heterocycles. The van der Waals surface area contributed by atoms with E-state index in [1.165, 1.54) is 25.7 Å². The zero-order valence-electron chi connectivity index (χ0n) is 7.25. The van der Waals surface area contributed by atoms with Crippen LogP contribution in [0.1, 0.15) is 39.0 Å². The number of hydrogen-bond donors (Lipinski definition) is 0. The summed E-state index contributed by atoms with van der Waals surface area (Å²) in [5, 5.41) is 2.90. The van der Waals surface area contributed by atoms with Gasteiger partial charge in [0.2, 0.25) is 0 Å². The molecule has 0 aliphatic heterocycles.